The highest BCUT2D eigenvalue weighted by Gasteiger charge is 2.17. The zero-order valence-electron chi connectivity index (χ0n) is 13.7. The van der Waals surface area contributed by atoms with Crippen LogP contribution in [-0.2, 0) is 0 Å². The van der Waals surface area contributed by atoms with Crippen LogP contribution in [0.25, 0.3) is 0 Å². The smallest absolute Gasteiger partial charge is 0.312 e. The van der Waals surface area contributed by atoms with Gasteiger partial charge >= 0.3 is 5.69 Å². The maximum absolute atomic E-state index is 12.4. The van der Waals surface area contributed by atoms with Crippen LogP contribution in [0.3, 0.4) is 0 Å². The lowest BCUT2D eigenvalue weighted by Crippen LogP contribution is -2.34. The van der Waals surface area contributed by atoms with Gasteiger partial charge in [-0.15, -0.1) is 0 Å². The molecule has 0 saturated carbocycles. The summed E-state index contributed by atoms with van der Waals surface area (Å²) in [6.45, 7) is 0. The van der Waals surface area contributed by atoms with Crippen molar-refractivity contribution < 1.29 is 19.2 Å². The summed E-state index contributed by atoms with van der Waals surface area (Å²) >= 11 is 8.39. The predicted molar refractivity (Wildman–Crippen MR) is 104 cm³/mol. The molecule has 26 heavy (non-hydrogen) atoms. The van der Waals surface area contributed by atoms with E-state index >= 15 is 0 Å². The first kappa shape index (κ1) is 19.6. The van der Waals surface area contributed by atoms with Crippen LogP contribution in [0.4, 0.5) is 11.4 Å². The number of nitrogens with zero attached hydrogens (tertiary/aromatic N) is 1. The Kier molecular flexibility index (Phi) is 6.47. The molecule has 1 amide bonds. The van der Waals surface area contributed by atoms with E-state index in [2.05, 4.69) is 26.6 Å². The maximum Gasteiger partial charge on any atom is 0.312 e. The van der Waals surface area contributed by atoms with Crippen LogP contribution in [0.1, 0.15) is 10.4 Å². The molecule has 2 aromatic rings. The fourth-order valence-electron chi connectivity index (χ4n) is 2.10. The summed E-state index contributed by atoms with van der Waals surface area (Å²) in [5, 5.41) is 16.3. The zero-order valence-corrected chi connectivity index (χ0v) is 16.1. The van der Waals surface area contributed by atoms with E-state index in [0.29, 0.717) is 15.9 Å². The van der Waals surface area contributed by atoms with Crippen molar-refractivity contribution in [3.05, 3.63) is 56.5 Å². The average Bonchev–Trinajstić information content (AvgIpc) is 2.61. The molecule has 0 atom stereocenters. The Morgan fingerprint density at radius 1 is 1.15 bits per heavy atom. The highest BCUT2D eigenvalue weighted by Crippen LogP contribution is 2.29. The molecule has 0 saturated heterocycles. The van der Waals surface area contributed by atoms with Crippen LogP contribution < -0.4 is 20.1 Å². The number of nitrogens with one attached hydrogen (secondary N) is 2. The van der Waals surface area contributed by atoms with Crippen molar-refractivity contribution in [3.8, 4) is 11.5 Å². The minimum atomic E-state index is -0.571. The molecule has 0 bridgehead atoms. The Morgan fingerprint density at radius 2 is 1.81 bits per heavy atom. The van der Waals surface area contributed by atoms with Crippen molar-refractivity contribution >= 4 is 50.5 Å². The molecule has 0 aliphatic rings. The van der Waals surface area contributed by atoms with Crippen LogP contribution in [0.15, 0.2) is 40.9 Å². The third-order valence-corrected chi connectivity index (χ3v) is 3.96. The molecule has 0 fully saturated rings. The normalized spacial score (nSPS) is 9.96. The third-order valence-electron chi connectivity index (χ3n) is 3.27. The van der Waals surface area contributed by atoms with Gasteiger partial charge < -0.3 is 14.8 Å². The second-order valence-electron chi connectivity index (χ2n) is 4.90. The number of benzene rings is 2. The van der Waals surface area contributed by atoms with Gasteiger partial charge in [-0.2, -0.15) is 0 Å². The molecule has 136 valence electrons. The molecule has 0 aliphatic heterocycles. The Morgan fingerprint density at radius 3 is 2.42 bits per heavy atom. The number of ether oxygens (including phenoxy) is 2. The highest BCUT2D eigenvalue weighted by atomic mass is 79.9. The number of halogens is 1. The van der Waals surface area contributed by atoms with E-state index < -0.39 is 10.8 Å². The van der Waals surface area contributed by atoms with Gasteiger partial charge in [0.2, 0.25) is 0 Å². The van der Waals surface area contributed by atoms with Gasteiger partial charge in [-0.25, -0.2) is 0 Å². The summed E-state index contributed by atoms with van der Waals surface area (Å²) in [6.07, 6.45) is 0. The number of hydrogen-bond donors (Lipinski definition) is 2. The minimum Gasteiger partial charge on any atom is -0.496 e. The van der Waals surface area contributed by atoms with Gasteiger partial charge in [0.05, 0.1) is 24.7 Å². The number of rotatable bonds is 5. The number of nitro groups is 1. The fourth-order valence-corrected chi connectivity index (χ4v) is 2.67. The number of nitro benzene ring substituents is 1. The van der Waals surface area contributed by atoms with Gasteiger partial charge in [-0.3, -0.25) is 20.2 Å². The Balaban J connectivity index is 2.14. The van der Waals surface area contributed by atoms with E-state index in [1.165, 1.54) is 26.4 Å². The first-order valence-electron chi connectivity index (χ1n) is 7.14. The van der Waals surface area contributed by atoms with Crippen LogP contribution in [0, 0.1) is 10.1 Å². The van der Waals surface area contributed by atoms with Crippen LogP contribution in [0.5, 0.6) is 11.5 Å². The molecule has 2 aromatic carbocycles. The standard InChI is InChI=1S/C16H14BrN3O5S/c1-24-13-5-3-9(17)7-11(13)15(21)19-16(26)18-10-4-6-14(25-2)12(8-10)20(22)23/h3-8H,1-2H3,(H2,18,19,21,26). The summed E-state index contributed by atoms with van der Waals surface area (Å²) < 4.78 is 10.8. The van der Waals surface area contributed by atoms with E-state index in [1.54, 1.807) is 24.3 Å². The summed E-state index contributed by atoms with van der Waals surface area (Å²) in [7, 11) is 2.79. The number of thiocarbonyl (C=S) groups is 1. The van der Waals surface area contributed by atoms with Gasteiger partial charge in [-0.05, 0) is 42.5 Å². The Bertz CT molecular complexity index is 875. The Hall–Kier alpha value is -2.72. The molecule has 0 radical (unpaired) electrons. The first-order valence-corrected chi connectivity index (χ1v) is 8.34. The van der Waals surface area contributed by atoms with Crippen molar-refractivity contribution in [1.82, 2.24) is 5.32 Å². The topological polar surface area (TPSA) is 103 Å². The number of methoxy groups -OCH3 is 2. The van der Waals surface area contributed by atoms with E-state index in [4.69, 9.17) is 21.7 Å². The molecule has 0 aliphatic carbocycles. The number of carbonyl (C=O) groups excluding carboxylic acids is 1. The van der Waals surface area contributed by atoms with Gasteiger partial charge in [0.1, 0.15) is 5.75 Å². The van der Waals surface area contributed by atoms with Crippen molar-refractivity contribution in [3.63, 3.8) is 0 Å². The predicted octanol–water partition coefficient (Wildman–Crippen LogP) is 3.50. The third kappa shape index (κ3) is 4.67. The largest absolute Gasteiger partial charge is 0.496 e. The molecule has 2 rings (SSSR count). The van der Waals surface area contributed by atoms with Crippen LogP contribution >= 0.6 is 28.1 Å². The minimum absolute atomic E-state index is 0.0171. The van der Waals surface area contributed by atoms with Crippen molar-refractivity contribution in [1.29, 1.82) is 0 Å². The second kappa shape index (κ2) is 8.59. The molecule has 10 heteroatoms. The lowest BCUT2D eigenvalue weighted by atomic mass is 10.2. The number of amides is 1. The number of carbonyl (C=O) groups is 1. The molecule has 0 heterocycles. The monoisotopic (exact) mass is 439 g/mol. The number of hydrogen-bond acceptors (Lipinski definition) is 6. The summed E-state index contributed by atoms with van der Waals surface area (Å²) in [5.41, 5.74) is 0.399. The second-order valence-corrected chi connectivity index (χ2v) is 6.22. The molecular formula is C16H14BrN3O5S. The summed E-state index contributed by atoms with van der Waals surface area (Å²) in [5.74, 6) is 0.0200. The average molecular weight is 440 g/mol. The molecule has 2 N–H and O–H groups in total. The van der Waals surface area contributed by atoms with Crippen LogP contribution in [-0.4, -0.2) is 30.2 Å². The van der Waals surface area contributed by atoms with Crippen molar-refractivity contribution in [2.45, 2.75) is 0 Å². The van der Waals surface area contributed by atoms with Gasteiger partial charge in [0.25, 0.3) is 5.91 Å². The van der Waals surface area contributed by atoms with Crippen LogP contribution in [0.2, 0.25) is 0 Å². The van der Waals surface area contributed by atoms with E-state index in [-0.39, 0.29) is 22.1 Å². The van der Waals surface area contributed by atoms with E-state index in [0.717, 1.165) is 0 Å². The van der Waals surface area contributed by atoms with Crippen molar-refractivity contribution in [2.75, 3.05) is 19.5 Å². The molecule has 8 nitrogen and oxygen atoms in total. The fraction of sp³-hybridized carbons (Fsp3) is 0.125. The van der Waals surface area contributed by atoms with E-state index in [9.17, 15) is 14.9 Å². The molecule has 0 aromatic heterocycles. The molecule has 0 spiro atoms. The maximum atomic E-state index is 12.4. The van der Waals surface area contributed by atoms with Gasteiger partial charge in [0.15, 0.2) is 10.9 Å². The molecule has 0 unspecified atom stereocenters. The summed E-state index contributed by atoms with van der Waals surface area (Å²) in [4.78, 5) is 22.9. The SMILES string of the molecule is COc1ccc(Br)cc1C(=O)NC(=S)Nc1ccc(OC)c([N+](=O)[O-])c1. The lowest BCUT2D eigenvalue weighted by molar-refractivity contribution is -0.385. The van der Waals surface area contributed by atoms with Crippen molar-refractivity contribution in [2.24, 2.45) is 0 Å². The first-order chi connectivity index (χ1) is 12.3. The van der Waals surface area contributed by atoms with Gasteiger partial charge in [-0.1, -0.05) is 15.9 Å². The zero-order chi connectivity index (χ0) is 19.3. The van der Waals surface area contributed by atoms with E-state index in [1.807, 2.05) is 0 Å². The Labute approximate surface area is 162 Å². The molecular weight excluding hydrogens is 426 g/mol. The lowest BCUT2D eigenvalue weighted by Gasteiger charge is -2.12. The quantitative estimate of drug-likeness (QED) is 0.417. The summed E-state index contributed by atoms with van der Waals surface area (Å²) in [6, 6.07) is 9.21. The highest BCUT2D eigenvalue weighted by molar-refractivity contribution is 9.10. The van der Waals surface area contributed by atoms with Gasteiger partial charge in [0, 0.05) is 16.2 Å². The number of anilines is 1.